The van der Waals surface area contributed by atoms with E-state index in [0.717, 1.165) is 42.4 Å². The largest absolute Gasteiger partial charge is 0.444 e. The van der Waals surface area contributed by atoms with Crippen LogP contribution < -0.4 is 0 Å². The van der Waals surface area contributed by atoms with E-state index in [1.54, 1.807) is 0 Å². The molecule has 1 saturated carbocycles. The van der Waals surface area contributed by atoms with Gasteiger partial charge in [-0.05, 0) is 83.4 Å². The van der Waals surface area contributed by atoms with Crippen LogP contribution in [0.15, 0.2) is 12.1 Å². The van der Waals surface area contributed by atoms with Crippen molar-refractivity contribution in [2.24, 2.45) is 5.92 Å². The van der Waals surface area contributed by atoms with Crippen LogP contribution in [0.5, 0.6) is 0 Å². The molecular weight excluding hydrogens is 326 g/mol. The molecule has 1 aliphatic heterocycles. The quantitative estimate of drug-likeness (QED) is 0.823. The lowest BCUT2D eigenvalue weighted by molar-refractivity contribution is -0.00522. The van der Waals surface area contributed by atoms with Crippen molar-refractivity contribution in [3.05, 3.63) is 34.4 Å². The second-order valence-corrected chi connectivity index (χ2v) is 9.21. The van der Waals surface area contributed by atoms with Crippen LogP contribution in [-0.4, -0.2) is 33.8 Å². The Morgan fingerprint density at radius 2 is 1.81 bits per heavy atom. The van der Waals surface area contributed by atoms with Crippen molar-refractivity contribution >= 4 is 6.09 Å². The highest BCUT2D eigenvalue weighted by molar-refractivity contribution is 5.70. The van der Waals surface area contributed by atoms with E-state index in [2.05, 4.69) is 19.1 Å². The van der Waals surface area contributed by atoms with Crippen molar-refractivity contribution in [3.8, 4) is 0 Å². The Balaban J connectivity index is 1.93. The van der Waals surface area contributed by atoms with Crippen molar-refractivity contribution in [3.63, 3.8) is 0 Å². The summed E-state index contributed by atoms with van der Waals surface area (Å²) in [4.78, 5) is 14.8. The summed E-state index contributed by atoms with van der Waals surface area (Å²) in [5.41, 5.74) is 3.82. The van der Waals surface area contributed by atoms with Crippen LogP contribution in [-0.2, 0) is 4.74 Å². The summed E-state index contributed by atoms with van der Waals surface area (Å²) in [5, 5.41) is 11.3. The predicted molar refractivity (Wildman–Crippen MR) is 103 cm³/mol. The molecule has 144 valence electrons. The van der Waals surface area contributed by atoms with E-state index >= 15 is 0 Å². The molecule has 1 N–H and O–H groups in total. The Kier molecular flexibility index (Phi) is 5.08. The van der Waals surface area contributed by atoms with Gasteiger partial charge in [-0.2, -0.15) is 0 Å². The number of benzene rings is 1. The maximum Gasteiger partial charge on any atom is 0.410 e. The van der Waals surface area contributed by atoms with Crippen LogP contribution in [0.25, 0.3) is 0 Å². The standard InChI is InChI=1S/C22H33NO3/c1-13-10-14(2)19(15(3)11-13)20(24)18-12-16-8-7-9-17(16)23(18)21(25)26-22(4,5)6/h10-11,16-18,20,24H,7-9,12H2,1-6H3/t16-,17-,18-,20-/m1/s1. The van der Waals surface area contributed by atoms with Gasteiger partial charge in [-0.25, -0.2) is 4.79 Å². The number of amides is 1. The first-order chi connectivity index (χ1) is 12.1. The average Bonchev–Trinajstić information content (AvgIpc) is 3.03. The van der Waals surface area contributed by atoms with Crippen LogP contribution >= 0.6 is 0 Å². The lowest BCUT2D eigenvalue weighted by atomic mass is 9.89. The first kappa shape index (κ1) is 19.2. The predicted octanol–water partition coefficient (Wildman–Crippen LogP) is 4.82. The summed E-state index contributed by atoms with van der Waals surface area (Å²) in [5.74, 6) is 0.480. The summed E-state index contributed by atoms with van der Waals surface area (Å²) in [6, 6.07) is 4.22. The molecule has 0 aromatic heterocycles. The van der Waals surface area contributed by atoms with Gasteiger partial charge in [0.1, 0.15) is 11.7 Å². The minimum Gasteiger partial charge on any atom is -0.444 e. The fraction of sp³-hybridized carbons (Fsp3) is 0.682. The molecule has 1 aromatic rings. The lowest BCUT2D eigenvalue weighted by Gasteiger charge is -2.35. The highest BCUT2D eigenvalue weighted by Crippen LogP contribution is 2.46. The van der Waals surface area contributed by atoms with E-state index in [-0.39, 0.29) is 18.2 Å². The molecule has 1 saturated heterocycles. The Bertz CT molecular complexity index is 668. The van der Waals surface area contributed by atoms with Gasteiger partial charge in [-0.3, -0.25) is 4.90 Å². The highest BCUT2D eigenvalue weighted by Gasteiger charge is 2.50. The Morgan fingerprint density at radius 3 is 2.38 bits per heavy atom. The molecule has 1 aromatic carbocycles. The summed E-state index contributed by atoms with van der Waals surface area (Å²) in [6.07, 6.45) is 3.21. The molecule has 4 heteroatoms. The third kappa shape index (κ3) is 3.62. The van der Waals surface area contributed by atoms with Gasteiger partial charge in [0.2, 0.25) is 0 Å². The third-order valence-electron chi connectivity index (χ3n) is 5.88. The molecule has 4 nitrogen and oxygen atoms in total. The normalized spacial score (nSPS) is 26.7. The molecule has 3 rings (SSSR count). The number of likely N-dealkylation sites (tertiary alicyclic amines) is 1. The molecule has 0 radical (unpaired) electrons. The zero-order valence-electron chi connectivity index (χ0n) is 17.0. The van der Waals surface area contributed by atoms with Gasteiger partial charge in [0.25, 0.3) is 0 Å². The average molecular weight is 360 g/mol. The van der Waals surface area contributed by atoms with Crippen LogP contribution in [0.2, 0.25) is 0 Å². The maximum atomic E-state index is 13.0. The van der Waals surface area contributed by atoms with Gasteiger partial charge >= 0.3 is 6.09 Å². The minimum atomic E-state index is -0.672. The summed E-state index contributed by atoms with van der Waals surface area (Å²) in [7, 11) is 0. The number of ether oxygens (including phenoxy) is 1. The van der Waals surface area contributed by atoms with Gasteiger partial charge in [0, 0.05) is 6.04 Å². The molecule has 0 bridgehead atoms. The minimum absolute atomic E-state index is 0.204. The van der Waals surface area contributed by atoms with E-state index in [9.17, 15) is 9.90 Å². The summed E-state index contributed by atoms with van der Waals surface area (Å²) in [6.45, 7) is 11.9. The Morgan fingerprint density at radius 1 is 1.19 bits per heavy atom. The van der Waals surface area contributed by atoms with Gasteiger partial charge in [0.15, 0.2) is 0 Å². The van der Waals surface area contributed by atoms with Gasteiger partial charge in [-0.1, -0.05) is 24.1 Å². The number of rotatable bonds is 2. The summed E-state index contributed by atoms with van der Waals surface area (Å²) < 4.78 is 5.70. The topological polar surface area (TPSA) is 49.8 Å². The second-order valence-electron chi connectivity index (χ2n) is 9.21. The first-order valence-corrected chi connectivity index (χ1v) is 9.85. The number of aliphatic hydroxyl groups excluding tert-OH is 1. The highest BCUT2D eigenvalue weighted by atomic mass is 16.6. The fourth-order valence-corrected chi connectivity index (χ4v) is 5.04. The number of fused-ring (bicyclic) bond motifs is 1. The maximum absolute atomic E-state index is 13.0. The molecular formula is C22H33NO3. The molecule has 1 heterocycles. The van der Waals surface area contributed by atoms with Crippen molar-refractivity contribution in [2.75, 3.05) is 0 Å². The van der Waals surface area contributed by atoms with Crippen molar-refractivity contribution in [1.82, 2.24) is 4.90 Å². The molecule has 26 heavy (non-hydrogen) atoms. The SMILES string of the molecule is Cc1cc(C)c([C@H](O)[C@H]2C[C@H]3CCC[C@H]3N2C(=O)OC(C)(C)C)c(C)c1. The van der Waals surface area contributed by atoms with Crippen LogP contribution in [0.4, 0.5) is 4.79 Å². The van der Waals surface area contributed by atoms with Gasteiger partial charge in [-0.15, -0.1) is 0 Å². The molecule has 1 amide bonds. The van der Waals surface area contributed by atoms with E-state index in [4.69, 9.17) is 4.74 Å². The zero-order chi connectivity index (χ0) is 19.2. The Labute approximate surface area is 157 Å². The van der Waals surface area contributed by atoms with Gasteiger partial charge in [0.05, 0.1) is 6.04 Å². The number of nitrogens with zero attached hydrogens (tertiary/aromatic N) is 1. The van der Waals surface area contributed by atoms with Crippen molar-refractivity contribution in [1.29, 1.82) is 0 Å². The summed E-state index contributed by atoms with van der Waals surface area (Å²) >= 11 is 0. The number of carbonyl (C=O) groups excluding carboxylic acids is 1. The molecule has 0 unspecified atom stereocenters. The second kappa shape index (κ2) is 6.88. The third-order valence-corrected chi connectivity index (χ3v) is 5.88. The molecule has 2 fully saturated rings. The van der Waals surface area contributed by atoms with Crippen LogP contribution in [0, 0.1) is 26.7 Å². The zero-order valence-corrected chi connectivity index (χ0v) is 17.0. The fourth-order valence-electron chi connectivity index (χ4n) is 5.04. The number of hydrogen-bond donors (Lipinski definition) is 1. The smallest absolute Gasteiger partial charge is 0.410 e. The lowest BCUT2D eigenvalue weighted by Crippen LogP contribution is -2.46. The number of carbonyl (C=O) groups is 1. The van der Waals surface area contributed by atoms with E-state index in [0.29, 0.717) is 5.92 Å². The van der Waals surface area contributed by atoms with Crippen LogP contribution in [0.3, 0.4) is 0 Å². The first-order valence-electron chi connectivity index (χ1n) is 9.85. The van der Waals surface area contributed by atoms with E-state index in [1.807, 2.05) is 39.5 Å². The number of hydrogen-bond acceptors (Lipinski definition) is 3. The van der Waals surface area contributed by atoms with Crippen molar-refractivity contribution in [2.45, 2.75) is 91.0 Å². The van der Waals surface area contributed by atoms with E-state index in [1.165, 1.54) is 5.56 Å². The number of aliphatic hydroxyl groups is 1. The van der Waals surface area contributed by atoms with Gasteiger partial charge < -0.3 is 9.84 Å². The van der Waals surface area contributed by atoms with E-state index < -0.39 is 11.7 Å². The molecule has 0 spiro atoms. The van der Waals surface area contributed by atoms with Crippen molar-refractivity contribution < 1.29 is 14.6 Å². The van der Waals surface area contributed by atoms with Crippen LogP contribution in [0.1, 0.15) is 74.8 Å². The molecule has 1 aliphatic carbocycles. The molecule has 2 aliphatic rings. The molecule has 4 atom stereocenters. The monoisotopic (exact) mass is 359 g/mol. The number of aryl methyl sites for hydroxylation is 3. The Hall–Kier alpha value is -1.55.